The van der Waals surface area contributed by atoms with E-state index in [2.05, 4.69) is 29.8 Å². The average molecular weight is 200 g/mol. The Bertz CT molecular complexity index is 344. The predicted molar refractivity (Wildman–Crippen MR) is 66.6 cm³/mol. The van der Waals surface area contributed by atoms with E-state index in [4.69, 9.17) is 0 Å². The second kappa shape index (κ2) is 6.60. The number of hydrogen-bond acceptors (Lipinski definition) is 2. The van der Waals surface area contributed by atoms with Crippen LogP contribution in [-0.4, -0.2) is 5.71 Å². The van der Waals surface area contributed by atoms with Crippen molar-refractivity contribution in [2.45, 2.75) is 12.8 Å². The van der Waals surface area contributed by atoms with Crippen LogP contribution >= 0.6 is 0 Å². The summed E-state index contributed by atoms with van der Waals surface area (Å²) in [5, 5.41) is 4.27. The summed E-state index contributed by atoms with van der Waals surface area (Å²) < 4.78 is 0. The maximum Gasteiger partial charge on any atom is 0.0682 e. The number of rotatable bonds is 4. The fourth-order valence-electron chi connectivity index (χ4n) is 1.28. The van der Waals surface area contributed by atoms with Crippen molar-refractivity contribution in [1.29, 1.82) is 0 Å². The van der Waals surface area contributed by atoms with E-state index < -0.39 is 0 Å². The minimum Gasteiger partial charge on any atom is -0.286 e. The fourth-order valence-corrected chi connectivity index (χ4v) is 1.28. The lowest BCUT2D eigenvalue weighted by Crippen LogP contribution is -2.04. The molecule has 1 heterocycles. The Balaban J connectivity index is 2.84. The highest BCUT2D eigenvalue weighted by atomic mass is 15.3. The van der Waals surface area contributed by atoms with Gasteiger partial charge in [0.2, 0.25) is 0 Å². The van der Waals surface area contributed by atoms with Crippen molar-refractivity contribution in [2.75, 3.05) is 0 Å². The Morgan fingerprint density at radius 1 is 1.40 bits per heavy atom. The van der Waals surface area contributed by atoms with Crippen LogP contribution in [0, 0.1) is 0 Å². The molecule has 0 atom stereocenters. The zero-order chi connectivity index (χ0) is 10.9. The summed E-state index contributed by atoms with van der Waals surface area (Å²) >= 11 is 0. The Kier molecular flexibility index (Phi) is 4.95. The maximum atomic E-state index is 4.27. The van der Waals surface area contributed by atoms with Crippen LogP contribution in [-0.2, 0) is 0 Å². The van der Waals surface area contributed by atoms with E-state index in [0.29, 0.717) is 0 Å². The summed E-state index contributed by atoms with van der Waals surface area (Å²) in [6, 6.07) is 0. The molecule has 15 heavy (non-hydrogen) atoms. The Labute approximate surface area is 91.1 Å². The molecule has 0 amide bonds. The van der Waals surface area contributed by atoms with E-state index in [1.54, 1.807) is 12.2 Å². The molecular weight excluding hydrogens is 184 g/mol. The summed E-state index contributed by atoms with van der Waals surface area (Å²) in [5.74, 6) is 0. The third-order valence-electron chi connectivity index (χ3n) is 1.98. The van der Waals surface area contributed by atoms with Crippen molar-refractivity contribution in [3.05, 3.63) is 61.4 Å². The molecule has 0 aliphatic carbocycles. The molecule has 78 valence electrons. The van der Waals surface area contributed by atoms with E-state index in [0.717, 1.165) is 24.1 Å². The standard InChI is InChI=1S/C13H16N2/c1-3-5-9-12(8-4-2)13-10-6-7-11-14-15-13/h3-5,7-9,11,14H,1-2,6,10H2/b9-5-,12-8+. The molecule has 0 spiro atoms. The molecule has 2 nitrogen and oxygen atoms in total. The van der Waals surface area contributed by atoms with Crippen molar-refractivity contribution in [3.63, 3.8) is 0 Å². The van der Waals surface area contributed by atoms with Gasteiger partial charge in [-0.3, -0.25) is 5.43 Å². The van der Waals surface area contributed by atoms with Crippen LogP contribution in [0.3, 0.4) is 0 Å². The highest BCUT2D eigenvalue weighted by Crippen LogP contribution is 2.09. The first-order valence-corrected chi connectivity index (χ1v) is 4.97. The highest BCUT2D eigenvalue weighted by Gasteiger charge is 2.04. The van der Waals surface area contributed by atoms with E-state index in [1.165, 1.54) is 0 Å². The van der Waals surface area contributed by atoms with Gasteiger partial charge in [0.25, 0.3) is 0 Å². The van der Waals surface area contributed by atoms with Crippen LogP contribution in [0.5, 0.6) is 0 Å². The van der Waals surface area contributed by atoms with E-state index >= 15 is 0 Å². The van der Waals surface area contributed by atoms with Crippen molar-refractivity contribution in [3.8, 4) is 0 Å². The summed E-state index contributed by atoms with van der Waals surface area (Å²) in [7, 11) is 0. The first-order chi connectivity index (χ1) is 7.38. The monoisotopic (exact) mass is 200 g/mol. The number of hydrazone groups is 1. The van der Waals surface area contributed by atoms with Gasteiger partial charge in [0.05, 0.1) is 5.71 Å². The molecule has 2 heteroatoms. The second-order valence-corrected chi connectivity index (χ2v) is 3.08. The van der Waals surface area contributed by atoms with Crippen LogP contribution in [0.1, 0.15) is 12.8 Å². The molecule has 1 aliphatic heterocycles. The Morgan fingerprint density at radius 2 is 2.27 bits per heavy atom. The third kappa shape index (κ3) is 3.81. The molecule has 0 unspecified atom stereocenters. The maximum absolute atomic E-state index is 4.27. The molecular formula is C13H16N2. The summed E-state index contributed by atoms with van der Waals surface area (Å²) in [4.78, 5) is 0. The van der Waals surface area contributed by atoms with Crippen LogP contribution in [0.2, 0.25) is 0 Å². The molecule has 0 aromatic heterocycles. The van der Waals surface area contributed by atoms with Crippen LogP contribution in [0.15, 0.2) is 66.5 Å². The van der Waals surface area contributed by atoms with Crippen LogP contribution < -0.4 is 5.43 Å². The smallest absolute Gasteiger partial charge is 0.0682 e. The zero-order valence-corrected chi connectivity index (χ0v) is 8.82. The summed E-state index contributed by atoms with van der Waals surface area (Å²) in [5.41, 5.74) is 5.00. The topological polar surface area (TPSA) is 24.4 Å². The normalized spacial score (nSPS) is 16.8. The van der Waals surface area contributed by atoms with Gasteiger partial charge in [0, 0.05) is 6.20 Å². The zero-order valence-electron chi connectivity index (χ0n) is 8.82. The van der Waals surface area contributed by atoms with Gasteiger partial charge in [0.15, 0.2) is 0 Å². The second-order valence-electron chi connectivity index (χ2n) is 3.08. The molecule has 0 aromatic rings. The van der Waals surface area contributed by atoms with Gasteiger partial charge in [-0.25, -0.2) is 0 Å². The molecule has 0 radical (unpaired) electrons. The van der Waals surface area contributed by atoms with Crippen molar-refractivity contribution < 1.29 is 0 Å². The van der Waals surface area contributed by atoms with Crippen molar-refractivity contribution >= 4 is 5.71 Å². The molecule has 1 N–H and O–H groups in total. The molecule has 1 rings (SSSR count). The molecule has 0 saturated heterocycles. The lowest BCUT2D eigenvalue weighted by molar-refractivity contribution is 0.969. The minimum absolute atomic E-state index is 0.935. The first kappa shape index (κ1) is 11.2. The number of nitrogens with zero attached hydrogens (tertiary/aromatic N) is 1. The van der Waals surface area contributed by atoms with Gasteiger partial charge in [-0.05, 0) is 18.4 Å². The van der Waals surface area contributed by atoms with Crippen molar-refractivity contribution in [1.82, 2.24) is 5.43 Å². The van der Waals surface area contributed by atoms with E-state index in [-0.39, 0.29) is 0 Å². The fraction of sp³-hybridized carbons (Fsp3) is 0.154. The van der Waals surface area contributed by atoms with Gasteiger partial charge in [-0.2, -0.15) is 5.10 Å². The number of nitrogens with one attached hydrogen (secondary N) is 1. The van der Waals surface area contributed by atoms with Gasteiger partial charge in [-0.15, -0.1) is 0 Å². The number of hydrogen-bond donors (Lipinski definition) is 1. The van der Waals surface area contributed by atoms with Gasteiger partial charge in [0.1, 0.15) is 0 Å². The summed E-state index contributed by atoms with van der Waals surface area (Å²) in [6.07, 6.45) is 15.2. The number of allylic oxidation sites excluding steroid dienone is 7. The molecule has 1 aliphatic rings. The third-order valence-corrected chi connectivity index (χ3v) is 1.98. The lowest BCUT2D eigenvalue weighted by atomic mass is 10.0. The SMILES string of the molecule is C=C/C=C\C(=C/C=C)C1=NNC=CCC1. The van der Waals surface area contributed by atoms with Gasteiger partial charge < -0.3 is 0 Å². The quantitative estimate of drug-likeness (QED) is 0.693. The first-order valence-electron chi connectivity index (χ1n) is 4.97. The van der Waals surface area contributed by atoms with E-state index in [9.17, 15) is 0 Å². The van der Waals surface area contributed by atoms with Crippen molar-refractivity contribution in [2.24, 2.45) is 5.10 Å². The van der Waals surface area contributed by atoms with Gasteiger partial charge in [-0.1, -0.05) is 49.6 Å². The Morgan fingerprint density at radius 3 is 3.00 bits per heavy atom. The average Bonchev–Trinajstić information content (AvgIpc) is 2.52. The summed E-state index contributed by atoms with van der Waals surface area (Å²) in [6.45, 7) is 7.35. The predicted octanol–water partition coefficient (Wildman–Crippen LogP) is 3.09. The molecule has 0 saturated carbocycles. The molecule has 0 aromatic carbocycles. The van der Waals surface area contributed by atoms with Crippen LogP contribution in [0.25, 0.3) is 0 Å². The Hall–Kier alpha value is -1.83. The minimum atomic E-state index is 0.935. The van der Waals surface area contributed by atoms with Crippen LogP contribution in [0.4, 0.5) is 0 Å². The molecule has 0 fully saturated rings. The highest BCUT2D eigenvalue weighted by molar-refractivity contribution is 6.02. The molecule has 0 bridgehead atoms. The van der Waals surface area contributed by atoms with Gasteiger partial charge >= 0.3 is 0 Å². The largest absolute Gasteiger partial charge is 0.286 e. The van der Waals surface area contributed by atoms with E-state index in [1.807, 2.05) is 24.4 Å². The lowest BCUT2D eigenvalue weighted by Gasteiger charge is -2.03.